The minimum Gasteiger partial charge on any atom is -0.497 e. The third kappa shape index (κ3) is 6.43. The molecule has 0 spiro atoms. The van der Waals surface area contributed by atoms with Gasteiger partial charge in [-0.15, -0.1) is 0 Å². The number of methoxy groups -OCH3 is 1. The van der Waals surface area contributed by atoms with Gasteiger partial charge in [0.2, 0.25) is 5.91 Å². The number of carbonyl (C=O) groups excluding carboxylic acids is 3. The van der Waals surface area contributed by atoms with Gasteiger partial charge in [0.25, 0.3) is 5.91 Å². The number of rotatable bonds is 8. The van der Waals surface area contributed by atoms with Crippen molar-refractivity contribution in [1.29, 1.82) is 0 Å². The van der Waals surface area contributed by atoms with Gasteiger partial charge in [0, 0.05) is 5.69 Å². The predicted molar refractivity (Wildman–Crippen MR) is 117 cm³/mol. The molecule has 0 saturated carbocycles. The fraction of sp³-hybridized carbons (Fsp3) is 0.125. The lowest BCUT2D eigenvalue weighted by molar-refractivity contribution is -0.119. The number of nitrogens with one attached hydrogen (secondary N) is 2. The average Bonchev–Trinajstić information content (AvgIpc) is 2.79. The van der Waals surface area contributed by atoms with E-state index in [0.29, 0.717) is 17.1 Å². The summed E-state index contributed by atoms with van der Waals surface area (Å²) in [5.41, 5.74) is 1.90. The van der Waals surface area contributed by atoms with Crippen LogP contribution < -0.4 is 15.4 Å². The van der Waals surface area contributed by atoms with Crippen molar-refractivity contribution in [3.63, 3.8) is 0 Å². The van der Waals surface area contributed by atoms with Crippen molar-refractivity contribution in [1.82, 2.24) is 0 Å². The summed E-state index contributed by atoms with van der Waals surface area (Å²) in [4.78, 5) is 36.9. The molecule has 0 heterocycles. The zero-order valence-corrected chi connectivity index (χ0v) is 17.0. The summed E-state index contributed by atoms with van der Waals surface area (Å²) >= 11 is 0. The smallest absolute Gasteiger partial charge is 0.340 e. The van der Waals surface area contributed by atoms with Crippen LogP contribution >= 0.6 is 0 Å². The second-order valence-corrected chi connectivity index (χ2v) is 6.61. The molecule has 2 amide bonds. The largest absolute Gasteiger partial charge is 0.497 e. The van der Waals surface area contributed by atoms with Crippen molar-refractivity contribution in [3.05, 3.63) is 90.0 Å². The Hall–Kier alpha value is -4.13. The first-order chi connectivity index (χ1) is 15.0. The van der Waals surface area contributed by atoms with Gasteiger partial charge in [-0.3, -0.25) is 9.59 Å². The number of ether oxygens (including phenoxy) is 2. The van der Waals surface area contributed by atoms with Crippen molar-refractivity contribution >= 4 is 29.2 Å². The predicted octanol–water partition coefficient (Wildman–Crippen LogP) is 3.67. The van der Waals surface area contributed by atoms with E-state index in [2.05, 4.69) is 10.6 Å². The van der Waals surface area contributed by atoms with Gasteiger partial charge in [0.15, 0.2) is 6.61 Å². The summed E-state index contributed by atoms with van der Waals surface area (Å²) in [6.45, 7) is -0.461. The van der Waals surface area contributed by atoms with Gasteiger partial charge in [-0.25, -0.2) is 4.79 Å². The van der Waals surface area contributed by atoms with E-state index in [-0.39, 0.29) is 17.9 Å². The normalized spacial score (nSPS) is 10.1. The molecule has 7 nitrogen and oxygen atoms in total. The Kier molecular flexibility index (Phi) is 7.37. The summed E-state index contributed by atoms with van der Waals surface area (Å²) in [5, 5.41) is 5.36. The molecule has 0 aliphatic carbocycles. The fourth-order valence-corrected chi connectivity index (χ4v) is 2.83. The van der Waals surface area contributed by atoms with Crippen LogP contribution in [-0.2, 0) is 20.7 Å². The third-order valence-corrected chi connectivity index (χ3v) is 4.34. The molecule has 0 aliphatic rings. The number of hydrogen-bond donors (Lipinski definition) is 2. The molecule has 0 aliphatic heterocycles. The molecule has 0 atom stereocenters. The number of amides is 2. The van der Waals surface area contributed by atoms with Crippen LogP contribution in [0.3, 0.4) is 0 Å². The molecule has 3 aromatic carbocycles. The van der Waals surface area contributed by atoms with Gasteiger partial charge >= 0.3 is 5.97 Å². The van der Waals surface area contributed by atoms with Crippen LogP contribution in [0.4, 0.5) is 11.4 Å². The number of esters is 1. The Morgan fingerprint density at radius 2 is 1.45 bits per heavy atom. The van der Waals surface area contributed by atoms with Crippen molar-refractivity contribution < 1.29 is 23.9 Å². The van der Waals surface area contributed by atoms with Crippen LogP contribution in [-0.4, -0.2) is 31.5 Å². The van der Waals surface area contributed by atoms with E-state index in [1.54, 1.807) is 49.6 Å². The van der Waals surface area contributed by atoms with E-state index >= 15 is 0 Å². The Morgan fingerprint density at radius 3 is 2.16 bits per heavy atom. The molecule has 0 fully saturated rings. The summed E-state index contributed by atoms with van der Waals surface area (Å²) in [5.74, 6) is -0.788. The zero-order chi connectivity index (χ0) is 22.1. The number of benzene rings is 3. The number of anilines is 2. The standard InChI is InChI=1S/C24H22N2O5/c1-30-19-13-11-18(12-14-19)25-23(28)16-31-24(29)20-9-5-6-10-21(20)26-22(27)15-17-7-3-2-4-8-17/h2-14H,15-16H2,1H3,(H,25,28)(H,26,27). The molecular formula is C24H22N2O5. The maximum atomic E-state index is 12.5. The minimum atomic E-state index is -0.708. The molecule has 0 radical (unpaired) electrons. The van der Waals surface area contributed by atoms with E-state index in [4.69, 9.17) is 9.47 Å². The number of para-hydroxylation sites is 1. The summed E-state index contributed by atoms with van der Waals surface area (Å²) < 4.78 is 10.2. The second-order valence-electron chi connectivity index (χ2n) is 6.61. The van der Waals surface area contributed by atoms with Gasteiger partial charge in [0.1, 0.15) is 5.75 Å². The zero-order valence-electron chi connectivity index (χ0n) is 17.0. The minimum absolute atomic E-state index is 0.168. The van der Waals surface area contributed by atoms with E-state index in [1.165, 1.54) is 6.07 Å². The first-order valence-corrected chi connectivity index (χ1v) is 9.59. The van der Waals surface area contributed by atoms with Crippen molar-refractivity contribution in [3.8, 4) is 5.75 Å². The highest BCUT2D eigenvalue weighted by atomic mass is 16.5. The van der Waals surface area contributed by atoms with Gasteiger partial charge < -0.3 is 20.1 Å². The molecule has 0 aromatic heterocycles. The van der Waals surface area contributed by atoms with Gasteiger partial charge in [0.05, 0.1) is 24.8 Å². The third-order valence-electron chi connectivity index (χ3n) is 4.34. The van der Waals surface area contributed by atoms with Gasteiger partial charge in [-0.05, 0) is 42.0 Å². The lowest BCUT2D eigenvalue weighted by Crippen LogP contribution is -2.22. The van der Waals surface area contributed by atoms with Crippen LogP contribution in [0.15, 0.2) is 78.9 Å². The highest BCUT2D eigenvalue weighted by molar-refractivity contribution is 6.02. The maximum Gasteiger partial charge on any atom is 0.340 e. The Morgan fingerprint density at radius 1 is 0.774 bits per heavy atom. The molecule has 0 saturated heterocycles. The van der Waals surface area contributed by atoms with Crippen LogP contribution in [0.5, 0.6) is 5.75 Å². The van der Waals surface area contributed by atoms with E-state index in [9.17, 15) is 14.4 Å². The van der Waals surface area contributed by atoms with Crippen LogP contribution in [0.1, 0.15) is 15.9 Å². The second kappa shape index (κ2) is 10.6. The molecular weight excluding hydrogens is 396 g/mol. The molecule has 3 rings (SSSR count). The molecule has 3 aromatic rings. The van der Waals surface area contributed by atoms with Gasteiger partial charge in [-0.2, -0.15) is 0 Å². The van der Waals surface area contributed by atoms with Crippen molar-refractivity contribution in [2.45, 2.75) is 6.42 Å². The highest BCUT2D eigenvalue weighted by Crippen LogP contribution is 2.18. The molecule has 0 bridgehead atoms. The SMILES string of the molecule is COc1ccc(NC(=O)COC(=O)c2ccccc2NC(=O)Cc2ccccc2)cc1. The number of carbonyl (C=O) groups is 3. The van der Waals surface area contributed by atoms with Crippen molar-refractivity contribution in [2.24, 2.45) is 0 Å². The lowest BCUT2D eigenvalue weighted by Gasteiger charge is -2.11. The monoisotopic (exact) mass is 418 g/mol. The summed E-state index contributed by atoms with van der Waals surface area (Å²) in [6, 6.07) is 22.5. The Balaban J connectivity index is 1.56. The number of hydrogen-bond acceptors (Lipinski definition) is 5. The maximum absolute atomic E-state index is 12.5. The quantitative estimate of drug-likeness (QED) is 0.545. The van der Waals surface area contributed by atoms with Crippen LogP contribution in [0.2, 0.25) is 0 Å². The van der Waals surface area contributed by atoms with Crippen LogP contribution in [0, 0.1) is 0 Å². The summed E-state index contributed by atoms with van der Waals surface area (Å²) in [7, 11) is 1.55. The van der Waals surface area contributed by atoms with Gasteiger partial charge in [-0.1, -0.05) is 42.5 Å². The topological polar surface area (TPSA) is 93.7 Å². The van der Waals surface area contributed by atoms with E-state index in [1.807, 2.05) is 30.3 Å². The highest BCUT2D eigenvalue weighted by Gasteiger charge is 2.16. The van der Waals surface area contributed by atoms with E-state index in [0.717, 1.165) is 5.56 Å². The van der Waals surface area contributed by atoms with E-state index < -0.39 is 18.5 Å². The Bertz CT molecular complexity index is 1050. The molecule has 31 heavy (non-hydrogen) atoms. The molecule has 2 N–H and O–H groups in total. The fourth-order valence-electron chi connectivity index (χ4n) is 2.83. The first-order valence-electron chi connectivity index (χ1n) is 9.59. The van der Waals surface area contributed by atoms with Crippen molar-refractivity contribution in [2.75, 3.05) is 24.4 Å². The summed E-state index contributed by atoms with van der Waals surface area (Å²) in [6.07, 6.45) is 0.175. The van der Waals surface area contributed by atoms with Crippen LogP contribution in [0.25, 0.3) is 0 Å². The molecule has 158 valence electrons. The molecule has 0 unspecified atom stereocenters. The first kappa shape index (κ1) is 21.6. The Labute approximate surface area is 180 Å². The lowest BCUT2D eigenvalue weighted by atomic mass is 10.1. The molecule has 7 heteroatoms. The average molecular weight is 418 g/mol.